The van der Waals surface area contributed by atoms with Crippen LogP contribution in [0.15, 0.2) is 40.6 Å². The molecule has 0 spiro atoms. The van der Waals surface area contributed by atoms with E-state index in [1.807, 2.05) is 30.3 Å². The van der Waals surface area contributed by atoms with Crippen LogP contribution in [0, 0.1) is 0 Å². The van der Waals surface area contributed by atoms with Gasteiger partial charge in [-0.3, -0.25) is 0 Å². The highest BCUT2D eigenvalue weighted by Gasteiger charge is 1.97. The number of hydrogen-bond donors (Lipinski definition) is 0. The zero-order chi connectivity index (χ0) is 7.52. The minimum absolute atomic E-state index is 0.689. The molecular formula is C9H8N2. The first-order valence-corrected chi connectivity index (χ1v) is 3.60. The van der Waals surface area contributed by atoms with E-state index in [0.717, 1.165) is 11.3 Å². The van der Waals surface area contributed by atoms with Crippen LogP contribution in [0.4, 0.5) is 5.69 Å². The molecule has 2 rings (SSSR count). The summed E-state index contributed by atoms with van der Waals surface area (Å²) < 4.78 is 0. The number of fused-ring (bicyclic) bond motifs is 1. The lowest BCUT2D eigenvalue weighted by molar-refractivity contribution is 1.08. The summed E-state index contributed by atoms with van der Waals surface area (Å²) in [5.41, 5.74) is 2.11. The van der Waals surface area contributed by atoms with Crippen molar-refractivity contribution < 1.29 is 0 Å². The van der Waals surface area contributed by atoms with Crippen LogP contribution in [0.25, 0.3) is 6.08 Å². The molecule has 2 heteroatoms. The Hall–Kier alpha value is -1.44. The number of nitrogens with zero attached hydrogens (tertiary/aromatic N) is 2. The molecule has 0 saturated heterocycles. The fraction of sp³-hybridized carbons (Fsp3) is 0.111. The molecule has 0 N–H and O–H groups in total. The molecule has 1 aromatic carbocycles. The predicted octanol–water partition coefficient (Wildman–Crippen LogP) is 2.80. The van der Waals surface area contributed by atoms with Gasteiger partial charge >= 0.3 is 0 Å². The van der Waals surface area contributed by atoms with Crippen LogP contribution in [0.5, 0.6) is 0 Å². The average Bonchev–Trinajstić information content (AvgIpc) is 2.28. The Morgan fingerprint density at radius 1 is 1.18 bits per heavy atom. The third-order valence-corrected chi connectivity index (χ3v) is 1.60. The lowest BCUT2D eigenvalue weighted by atomic mass is 10.2. The van der Waals surface area contributed by atoms with E-state index in [0.29, 0.717) is 6.54 Å². The molecule has 0 radical (unpaired) electrons. The van der Waals surface area contributed by atoms with Crippen molar-refractivity contribution in [2.45, 2.75) is 0 Å². The van der Waals surface area contributed by atoms with E-state index < -0.39 is 0 Å². The van der Waals surface area contributed by atoms with Gasteiger partial charge in [0.15, 0.2) is 0 Å². The van der Waals surface area contributed by atoms with Crippen molar-refractivity contribution in [1.82, 2.24) is 0 Å². The summed E-state index contributed by atoms with van der Waals surface area (Å²) in [6, 6.07) is 7.98. The van der Waals surface area contributed by atoms with Gasteiger partial charge in [-0.1, -0.05) is 30.4 Å². The van der Waals surface area contributed by atoms with E-state index in [2.05, 4.69) is 16.3 Å². The minimum Gasteiger partial charge on any atom is -0.184 e. The minimum atomic E-state index is 0.689. The lowest BCUT2D eigenvalue weighted by Crippen LogP contribution is -1.69. The molecule has 0 aromatic heterocycles. The third-order valence-electron chi connectivity index (χ3n) is 1.60. The third kappa shape index (κ3) is 1.19. The molecule has 1 aliphatic rings. The van der Waals surface area contributed by atoms with Crippen LogP contribution in [0.2, 0.25) is 0 Å². The first-order chi connectivity index (χ1) is 5.47. The van der Waals surface area contributed by atoms with E-state index in [9.17, 15) is 0 Å². The highest BCUT2D eigenvalue weighted by atomic mass is 15.1. The van der Waals surface area contributed by atoms with E-state index in [-0.39, 0.29) is 0 Å². The van der Waals surface area contributed by atoms with Crippen LogP contribution in [-0.2, 0) is 0 Å². The Labute approximate surface area is 65.3 Å². The van der Waals surface area contributed by atoms with Crippen molar-refractivity contribution in [2.24, 2.45) is 10.2 Å². The van der Waals surface area contributed by atoms with Gasteiger partial charge in [-0.15, -0.1) is 0 Å². The molecule has 0 unspecified atom stereocenters. The molecule has 0 atom stereocenters. The summed E-state index contributed by atoms with van der Waals surface area (Å²) in [4.78, 5) is 0. The Balaban J connectivity index is 2.58. The molecule has 0 aliphatic carbocycles. The van der Waals surface area contributed by atoms with E-state index in [1.165, 1.54) is 0 Å². The number of hydrogen-bond acceptors (Lipinski definition) is 2. The van der Waals surface area contributed by atoms with E-state index in [4.69, 9.17) is 0 Å². The van der Waals surface area contributed by atoms with Crippen LogP contribution in [0.3, 0.4) is 0 Å². The van der Waals surface area contributed by atoms with E-state index >= 15 is 0 Å². The lowest BCUT2D eigenvalue weighted by Gasteiger charge is -1.94. The summed E-state index contributed by atoms with van der Waals surface area (Å²) in [5, 5.41) is 8.00. The zero-order valence-electron chi connectivity index (χ0n) is 6.07. The van der Waals surface area contributed by atoms with Gasteiger partial charge in [0.05, 0.1) is 12.2 Å². The van der Waals surface area contributed by atoms with Crippen LogP contribution < -0.4 is 0 Å². The molecule has 2 nitrogen and oxygen atoms in total. The number of rotatable bonds is 0. The van der Waals surface area contributed by atoms with Gasteiger partial charge in [0, 0.05) is 5.56 Å². The second-order valence-electron chi connectivity index (χ2n) is 2.39. The summed E-state index contributed by atoms with van der Waals surface area (Å²) in [5.74, 6) is 0. The van der Waals surface area contributed by atoms with Gasteiger partial charge < -0.3 is 0 Å². The molecule has 0 amide bonds. The zero-order valence-corrected chi connectivity index (χ0v) is 6.07. The molecule has 11 heavy (non-hydrogen) atoms. The van der Waals surface area contributed by atoms with Crippen molar-refractivity contribution in [3.05, 3.63) is 35.9 Å². The van der Waals surface area contributed by atoms with Crippen molar-refractivity contribution >= 4 is 11.8 Å². The molecule has 0 fully saturated rings. The normalized spacial score (nSPS) is 14.2. The first-order valence-electron chi connectivity index (χ1n) is 3.60. The van der Waals surface area contributed by atoms with Gasteiger partial charge in [-0.05, 0) is 6.07 Å². The topological polar surface area (TPSA) is 24.7 Å². The van der Waals surface area contributed by atoms with Crippen molar-refractivity contribution in [1.29, 1.82) is 0 Å². The average molecular weight is 144 g/mol. The highest BCUT2D eigenvalue weighted by molar-refractivity contribution is 5.63. The van der Waals surface area contributed by atoms with Gasteiger partial charge in [0.1, 0.15) is 0 Å². The number of benzene rings is 1. The smallest absolute Gasteiger partial charge is 0.0924 e. The molecular weight excluding hydrogens is 136 g/mol. The van der Waals surface area contributed by atoms with Gasteiger partial charge in [0.2, 0.25) is 0 Å². The Kier molecular flexibility index (Phi) is 1.52. The maximum absolute atomic E-state index is 4.05. The van der Waals surface area contributed by atoms with Crippen molar-refractivity contribution in [3.8, 4) is 0 Å². The molecule has 1 aliphatic heterocycles. The monoisotopic (exact) mass is 144 g/mol. The van der Waals surface area contributed by atoms with Crippen LogP contribution in [-0.4, -0.2) is 6.54 Å². The SMILES string of the molecule is C1=Cc2ccccc2N=NC1. The largest absolute Gasteiger partial charge is 0.184 e. The standard InChI is InChI=1S/C9H8N2/c1-2-6-9-8(4-1)5-3-7-10-11-9/h1-6H,7H2. The Morgan fingerprint density at radius 3 is 3.09 bits per heavy atom. The van der Waals surface area contributed by atoms with Crippen LogP contribution >= 0.6 is 0 Å². The fourth-order valence-electron chi connectivity index (χ4n) is 1.06. The van der Waals surface area contributed by atoms with Gasteiger partial charge in [0.25, 0.3) is 0 Å². The number of azo groups is 1. The summed E-state index contributed by atoms with van der Waals surface area (Å²) in [6.45, 7) is 0.689. The Morgan fingerprint density at radius 2 is 2.09 bits per heavy atom. The molecule has 0 saturated carbocycles. The second kappa shape index (κ2) is 2.66. The quantitative estimate of drug-likeness (QED) is 0.535. The van der Waals surface area contributed by atoms with Gasteiger partial charge in [-0.2, -0.15) is 10.2 Å². The molecule has 1 heterocycles. The first kappa shape index (κ1) is 6.28. The maximum atomic E-state index is 4.05. The van der Waals surface area contributed by atoms with Gasteiger partial charge in [-0.25, -0.2) is 0 Å². The second-order valence-corrected chi connectivity index (χ2v) is 2.39. The summed E-state index contributed by atoms with van der Waals surface area (Å²) in [7, 11) is 0. The molecule has 0 bridgehead atoms. The van der Waals surface area contributed by atoms with E-state index in [1.54, 1.807) is 0 Å². The predicted molar refractivity (Wildman–Crippen MR) is 44.9 cm³/mol. The molecule has 54 valence electrons. The van der Waals surface area contributed by atoms with Crippen molar-refractivity contribution in [2.75, 3.05) is 6.54 Å². The fourth-order valence-corrected chi connectivity index (χ4v) is 1.06. The highest BCUT2D eigenvalue weighted by Crippen LogP contribution is 2.21. The molecule has 1 aromatic rings. The van der Waals surface area contributed by atoms with Crippen LogP contribution in [0.1, 0.15) is 5.56 Å². The Bertz CT molecular complexity index is 282. The summed E-state index contributed by atoms with van der Waals surface area (Å²) in [6.07, 6.45) is 4.06. The summed E-state index contributed by atoms with van der Waals surface area (Å²) >= 11 is 0. The van der Waals surface area contributed by atoms with Crippen molar-refractivity contribution in [3.63, 3.8) is 0 Å². The maximum Gasteiger partial charge on any atom is 0.0924 e.